The number of fused-ring (bicyclic) bond motifs is 1. The Kier molecular flexibility index (Phi) is 7.41. The number of hydrogen-bond donors (Lipinski definition) is 1. The van der Waals surface area contributed by atoms with Crippen molar-refractivity contribution in [2.24, 2.45) is 0 Å². The third kappa shape index (κ3) is 4.97. The quantitative estimate of drug-likeness (QED) is 0.645. The molecular weight excluding hydrogens is 378 g/mol. The first-order valence-electron chi connectivity index (χ1n) is 10.6. The molecule has 1 N–H and O–H groups in total. The van der Waals surface area contributed by atoms with Crippen molar-refractivity contribution in [2.75, 3.05) is 26.2 Å². The summed E-state index contributed by atoms with van der Waals surface area (Å²) in [5.74, 6) is -0.0631. The van der Waals surface area contributed by atoms with Crippen molar-refractivity contribution in [2.45, 2.75) is 39.9 Å². The van der Waals surface area contributed by atoms with Gasteiger partial charge in [-0.3, -0.25) is 19.2 Å². The molecule has 0 saturated carbocycles. The number of carbonyl (C=O) groups is 2. The first kappa shape index (κ1) is 21.8. The van der Waals surface area contributed by atoms with Crippen LogP contribution in [0.1, 0.15) is 41.2 Å². The molecule has 0 radical (unpaired) electrons. The molecule has 0 aliphatic carbocycles. The normalized spacial score (nSPS) is 13.5. The zero-order valence-corrected chi connectivity index (χ0v) is 17.9. The molecule has 0 saturated heterocycles. The second kappa shape index (κ2) is 10.2. The van der Waals surface area contributed by atoms with Crippen LogP contribution in [-0.2, 0) is 30.8 Å². The lowest BCUT2D eigenvalue weighted by atomic mass is 10.0. The van der Waals surface area contributed by atoms with Crippen LogP contribution in [0.2, 0.25) is 0 Å². The lowest BCUT2D eigenvalue weighted by Gasteiger charge is -2.29. The number of rotatable bonds is 9. The fourth-order valence-corrected chi connectivity index (χ4v) is 3.87. The number of allylic oxidation sites excluding steroid dienone is 1. The molecule has 7 nitrogen and oxygen atoms in total. The maximum atomic E-state index is 12.9. The van der Waals surface area contributed by atoms with Crippen molar-refractivity contribution >= 4 is 11.8 Å². The van der Waals surface area contributed by atoms with Crippen molar-refractivity contribution in [3.63, 3.8) is 0 Å². The molecule has 0 fully saturated rings. The van der Waals surface area contributed by atoms with Gasteiger partial charge < -0.3 is 10.2 Å². The lowest BCUT2D eigenvalue weighted by Crippen LogP contribution is -2.42. The fraction of sp³-hybridized carbons (Fsp3) is 0.435. The van der Waals surface area contributed by atoms with E-state index in [4.69, 9.17) is 0 Å². The average molecular weight is 410 g/mol. The largest absolute Gasteiger partial charge is 0.347 e. The van der Waals surface area contributed by atoms with Crippen molar-refractivity contribution in [3.05, 3.63) is 65.5 Å². The molecule has 1 aliphatic rings. The van der Waals surface area contributed by atoms with E-state index >= 15 is 0 Å². The maximum Gasteiger partial charge on any atom is 0.272 e. The average Bonchev–Trinajstić information content (AvgIpc) is 3.12. The summed E-state index contributed by atoms with van der Waals surface area (Å²) < 4.78 is 1.86. The van der Waals surface area contributed by atoms with Gasteiger partial charge in [-0.1, -0.05) is 36.4 Å². The minimum Gasteiger partial charge on any atom is -0.347 e. The summed E-state index contributed by atoms with van der Waals surface area (Å²) in [6, 6.07) is 9.81. The highest BCUT2D eigenvalue weighted by atomic mass is 16.2. The van der Waals surface area contributed by atoms with Gasteiger partial charge in [0, 0.05) is 50.4 Å². The molecule has 1 aromatic carbocycles. The van der Waals surface area contributed by atoms with Crippen LogP contribution in [0, 0.1) is 0 Å². The van der Waals surface area contributed by atoms with Crippen molar-refractivity contribution in [1.82, 2.24) is 24.9 Å². The Morgan fingerprint density at radius 1 is 1.23 bits per heavy atom. The SMILES string of the molecule is C=CCn1nc(C(=O)NCc2ccccc2)c2c1CCN(CC(=O)N(CC)CC)C2. The van der Waals surface area contributed by atoms with E-state index in [9.17, 15) is 9.59 Å². The summed E-state index contributed by atoms with van der Waals surface area (Å²) in [5.41, 5.74) is 3.46. The Morgan fingerprint density at radius 2 is 1.97 bits per heavy atom. The number of amides is 2. The third-order valence-electron chi connectivity index (χ3n) is 5.50. The third-order valence-corrected chi connectivity index (χ3v) is 5.50. The zero-order chi connectivity index (χ0) is 21.5. The monoisotopic (exact) mass is 409 g/mol. The number of nitrogens with zero attached hydrogens (tertiary/aromatic N) is 4. The van der Waals surface area contributed by atoms with Crippen LogP contribution in [0.15, 0.2) is 43.0 Å². The van der Waals surface area contributed by atoms with Gasteiger partial charge >= 0.3 is 0 Å². The number of aromatic nitrogens is 2. The van der Waals surface area contributed by atoms with Crippen LogP contribution in [0.25, 0.3) is 0 Å². The van der Waals surface area contributed by atoms with Crippen molar-refractivity contribution in [1.29, 1.82) is 0 Å². The van der Waals surface area contributed by atoms with E-state index in [0.717, 1.165) is 29.8 Å². The molecule has 2 aromatic rings. The first-order valence-corrected chi connectivity index (χ1v) is 10.6. The van der Waals surface area contributed by atoms with Gasteiger partial charge in [0.2, 0.25) is 5.91 Å². The molecule has 3 rings (SSSR count). The van der Waals surface area contributed by atoms with E-state index in [0.29, 0.717) is 45.0 Å². The molecule has 0 unspecified atom stereocenters. The highest BCUT2D eigenvalue weighted by molar-refractivity contribution is 5.94. The van der Waals surface area contributed by atoms with Crippen LogP contribution in [-0.4, -0.2) is 57.6 Å². The van der Waals surface area contributed by atoms with E-state index in [1.165, 1.54) is 0 Å². The Labute approximate surface area is 178 Å². The van der Waals surface area contributed by atoms with Gasteiger partial charge in [0.1, 0.15) is 0 Å². The Hall–Kier alpha value is -2.93. The number of hydrogen-bond acceptors (Lipinski definition) is 4. The van der Waals surface area contributed by atoms with Crippen molar-refractivity contribution < 1.29 is 9.59 Å². The van der Waals surface area contributed by atoms with Crippen LogP contribution >= 0.6 is 0 Å². The molecule has 30 heavy (non-hydrogen) atoms. The summed E-state index contributed by atoms with van der Waals surface area (Å²) in [4.78, 5) is 29.4. The summed E-state index contributed by atoms with van der Waals surface area (Å²) in [5, 5.41) is 7.56. The molecule has 160 valence electrons. The Bertz CT molecular complexity index is 886. The summed E-state index contributed by atoms with van der Waals surface area (Å²) in [6.45, 7) is 11.9. The second-order valence-corrected chi connectivity index (χ2v) is 7.44. The highest BCUT2D eigenvalue weighted by Crippen LogP contribution is 2.23. The highest BCUT2D eigenvalue weighted by Gasteiger charge is 2.29. The van der Waals surface area contributed by atoms with Gasteiger partial charge in [-0.2, -0.15) is 5.10 Å². The topological polar surface area (TPSA) is 70.5 Å². The van der Waals surface area contributed by atoms with E-state index < -0.39 is 0 Å². The smallest absolute Gasteiger partial charge is 0.272 e. The van der Waals surface area contributed by atoms with Gasteiger partial charge in [0.25, 0.3) is 5.91 Å². The zero-order valence-electron chi connectivity index (χ0n) is 17.9. The van der Waals surface area contributed by atoms with E-state index in [1.54, 1.807) is 6.08 Å². The van der Waals surface area contributed by atoms with E-state index in [2.05, 4.69) is 21.9 Å². The predicted octanol–water partition coefficient (Wildman–Crippen LogP) is 2.23. The molecular formula is C23H31N5O2. The van der Waals surface area contributed by atoms with E-state index in [1.807, 2.05) is 53.8 Å². The standard InChI is InChI=1S/C23H31N5O2/c1-4-13-28-20-12-14-26(17-21(29)27(5-2)6-3)16-19(20)22(25-28)23(30)24-15-18-10-8-7-9-11-18/h4,7-11H,1,5-6,12-17H2,2-3H3,(H,24,30). The summed E-state index contributed by atoms with van der Waals surface area (Å²) >= 11 is 0. The lowest BCUT2D eigenvalue weighted by molar-refractivity contribution is -0.132. The van der Waals surface area contributed by atoms with Gasteiger partial charge in [-0.15, -0.1) is 6.58 Å². The van der Waals surface area contributed by atoms with Crippen LogP contribution in [0.3, 0.4) is 0 Å². The van der Waals surface area contributed by atoms with Crippen LogP contribution in [0.4, 0.5) is 0 Å². The minimum absolute atomic E-state index is 0.122. The molecule has 1 aliphatic heterocycles. The number of likely N-dealkylation sites (N-methyl/N-ethyl adjacent to an activating group) is 1. The molecule has 0 spiro atoms. The van der Waals surface area contributed by atoms with Gasteiger partial charge in [-0.05, 0) is 19.4 Å². The minimum atomic E-state index is -0.185. The second-order valence-electron chi connectivity index (χ2n) is 7.44. The summed E-state index contributed by atoms with van der Waals surface area (Å²) in [7, 11) is 0. The van der Waals surface area contributed by atoms with Gasteiger partial charge in [0.15, 0.2) is 5.69 Å². The van der Waals surface area contributed by atoms with Gasteiger partial charge in [-0.25, -0.2) is 0 Å². The van der Waals surface area contributed by atoms with Gasteiger partial charge in [0.05, 0.1) is 13.1 Å². The van der Waals surface area contributed by atoms with Crippen LogP contribution in [0.5, 0.6) is 0 Å². The Balaban J connectivity index is 1.76. The molecule has 1 aromatic heterocycles. The molecule has 0 bridgehead atoms. The van der Waals surface area contributed by atoms with Crippen LogP contribution < -0.4 is 5.32 Å². The summed E-state index contributed by atoms with van der Waals surface area (Å²) in [6.07, 6.45) is 2.54. The first-order chi connectivity index (χ1) is 14.6. The maximum absolute atomic E-state index is 12.9. The molecule has 2 heterocycles. The number of carbonyl (C=O) groups excluding carboxylic acids is 2. The van der Waals surface area contributed by atoms with E-state index in [-0.39, 0.29) is 11.8 Å². The Morgan fingerprint density at radius 3 is 2.63 bits per heavy atom. The predicted molar refractivity (Wildman–Crippen MR) is 117 cm³/mol. The molecule has 2 amide bonds. The number of nitrogens with one attached hydrogen (secondary N) is 1. The molecule has 7 heteroatoms. The van der Waals surface area contributed by atoms with Crippen molar-refractivity contribution in [3.8, 4) is 0 Å². The number of benzene rings is 1. The molecule has 0 atom stereocenters. The fourth-order valence-electron chi connectivity index (χ4n) is 3.87.